The molecule has 0 unspecified atom stereocenters. The van der Waals surface area contributed by atoms with Gasteiger partial charge in [0.15, 0.2) is 0 Å². The highest BCUT2D eigenvalue weighted by Gasteiger charge is 2.09. The second-order valence-electron chi connectivity index (χ2n) is 4.53. The first-order chi connectivity index (χ1) is 10.6. The molecule has 0 aliphatic carbocycles. The van der Waals surface area contributed by atoms with Gasteiger partial charge >= 0.3 is 0 Å². The molecule has 0 fully saturated rings. The van der Waals surface area contributed by atoms with E-state index in [4.69, 9.17) is 5.11 Å². The topological polar surface area (TPSA) is 91.3 Å². The van der Waals surface area contributed by atoms with Crippen LogP contribution in [0.25, 0.3) is 0 Å². The van der Waals surface area contributed by atoms with Crippen LogP contribution in [0.15, 0.2) is 30.5 Å². The van der Waals surface area contributed by atoms with Gasteiger partial charge in [0.2, 0.25) is 0 Å². The van der Waals surface area contributed by atoms with Crippen molar-refractivity contribution in [3.8, 4) is 5.75 Å². The molecule has 1 aromatic carbocycles. The fourth-order valence-electron chi connectivity index (χ4n) is 1.73. The van der Waals surface area contributed by atoms with Crippen molar-refractivity contribution < 1.29 is 14.7 Å². The molecule has 22 heavy (non-hydrogen) atoms. The van der Waals surface area contributed by atoms with Crippen LogP contribution in [0.5, 0.6) is 5.75 Å². The average Bonchev–Trinajstić information content (AvgIpc) is 3.01. The number of rotatable bonds is 6. The summed E-state index contributed by atoms with van der Waals surface area (Å²) in [7, 11) is 0. The Bertz CT molecular complexity index is 652. The minimum absolute atomic E-state index is 0.111. The molecule has 3 N–H and O–H groups in total. The molecule has 0 saturated carbocycles. The highest BCUT2D eigenvalue weighted by molar-refractivity contribution is 7.13. The minimum Gasteiger partial charge on any atom is -0.508 e. The molecule has 0 bridgehead atoms. The predicted octanol–water partition coefficient (Wildman–Crippen LogP) is 1.57. The number of hydrogen-bond acceptors (Lipinski definition) is 5. The number of phenolic OH excluding ortho intramolecular Hbond substituents is 1. The van der Waals surface area contributed by atoms with E-state index in [1.54, 1.807) is 6.20 Å². The van der Waals surface area contributed by atoms with Crippen LogP contribution in [-0.2, 0) is 6.42 Å². The number of carbonyl (C=O) groups excluding carboxylic acids is 2. The Morgan fingerprint density at radius 2 is 1.77 bits per heavy atom. The van der Waals surface area contributed by atoms with E-state index in [0.717, 1.165) is 11.4 Å². The lowest BCUT2D eigenvalue weighted by Gasteiger charge is -2.06. The number of nitrogens with zero attached hydrogens (tertiary/aromatic N) is 1. The van der Waals surface area contributed by atoms with Crippen LogP contribution >= 0.6 is 11.3 Å². The van der Waals surface area contributed by atoms with E-state index in [2.05, 4.69) is 15.6 Å². The van der Waals surface area contributed by atoms with Crippen LogP contribution < -0.4 is 10.6 Å². The molecule has 0 aliphatic rings. The molecule has 1 aromatic heterocycles. The Hall–Kier alpha value is -2.41. The summed E-state index contributed by atoms with van der Waals surface area (Å²) in [4.78, 5) is 28.3. The van der Waals surface area contributed by atoms with E-state index in [1.807, 2.05) is 6.92 Å². The zero-order valence-electron chi connectivity index (χ0n) is 12.1. The maximum atomic E-state index is 11.8. The molecule has 0 aliphatic heterocycles. The molecule has 1 heterocycles. The summed E-state index contributed by atoms with van der Waals surface area (Å²) in [6.45, 7) is 2.65. The van der Waals surface area contributed by atoms with Gasteiger partial charge < -0.3 is 15.7 Å². The number of aryl methyl sites for hydroxylation is 1. The van der Waals surface area contributed by atoms with Crippen molar-refractivity contribution in [1.82, 2.24) is 15.6 Å². The Balaban J connectivity index is 1.73. The predicted molar refractivity (Wildman–Crippen MR) is 84.3 cm³/mol. The van der Waals surface area contributed by atoms with Crippen LogP contribution in [0, 0.1) is 0 Å². The molecule has 0 radical (unpaired) electrons. The summed E-state index contributed by atoms with van der Waals surface area (Å²) in [5.74, 6) is -0.323. The van der Waals surface area contributed by atoms with E-state index in [1.165, 1.54) is 35.6 Å². The monoisotopic (exact) mass is 319 g/mol. The van der Waals surface area contributed by atoms with E-state index in [-0.39, 0.29) is 17.6 Å². The lowest BCUT2D eigenvalue weighted by atomic mass is 10.2. The number of nitrogens with one attached hydrogen (secondary N) is 2. The number of aromatic hydroxyl groups is 1. The van der Waals surface area contributed by atoms with E-state index in [9.17, 15) is 9.59 Å². The SMILES string of the molecule is CCc1ncc(C(=O)NCCNC(=O)c2ccc(O)cc2)s1. The number of carbonyl (C=O) groups is 2. The first-order valence-electron chi connectivity index (χ1n) is 6.90. The Kier molecular flexibility index (Phi) is 5.48. The molecular weight excluding hydrogens is 302 g/mol. The van der Waals surface area contributed by atoms with Gasteiger partial charge in [0.05, 0.1) is 11.2 Å². The van der Waals surface area contributed by atoms with Gasteiger partial charge in [-0.3, -0.25) is 9.59 Å². The van der Waals surface area contributed by atoms with Crippen LogP contribution in [-0.4, -0.2) is 35.0 Å². The molecule has 7 heteroatoms. The Labute approximate surface area is 132 Å². The molecule has 116 valence electrons. The van der Waals surface area contributed by atoms with Gasteiger partial charge in [-0.25, -0.2) is 4.98 Å². The highest BCUT2D eigenvalue weighted by atomic mass is 32.1. The van der Waals surface area contributed by atoms with E-state index in [0.29, 0.717) is 23.5 Å². The lowest BCUT2D eigenvalue weighted by Crippen LogP contribution is -2.34. The van der Waals surface area contributed by atoms with Crippen molar-refractivity contribution in [2.45, 2.75) is 13.3 Å². The highest BCUT2D eigenvalue weighted by Crippen LogP contribution is 2.12. The Morgan fingerprint density at radius 1 is 1.14 bits per heavy atom. The standard InChI is InChI=1S/C15H17N3O3S/c1-2-13-18-9-12(22-13)15(21)17-8-7-16-14(20)10-3-5-11(19)6-4-10/h3-6,9,19H,2,7-8H2,1H3,(H,16,20)(H,17,21). The number of amides is 2. The molecule has 6 nitrogen and oxygen atoms in total. The molecule has 2 aromatic rings. The zero-order chi connectivity index (χ0) is 15.9. The molecule has 0 spiro atoms. The minimum atomic E-state index is -0.250. The van der Waals surface area contributed by atoms with Crippen molar-refractivity contribution >= 4 is 23.2 Å². The maximum absolute atomic E-state index is 11.8. The molecule has 0 saturated heterocycles. The van der Waals surface area contributed by atoms with E-state index < -0.39 is 0 Å². The average molecular weight is 319 g/mol. The molecule has 2 rings (SSSR count). The summed E-state index contributed by atoms with van der Waals surface area (Å²) in [5.41, 5.74) is 0.458. The second-order valence-corrected chi connectivity index (χ2v) is 5.65. The first-order valence-corrected chi connectivity index (χ1v) is 7.72. The quantitative estimate of drug-likeness (QED) is 0.705. The largest absolute Gasteiger partial charge is 0.508 e. The second kappa shape index (κ2) is 7.56. The molecular formula is C15H17N3O3S. The van der Waals surface area contributed by atoms with Gasteiger partial charge in [0.1, 0.15) is 10.6 Å². The summed E-state index contributed by atoms with van der Waals surface area (Å²) in [6, 6.07) is 5.97. The normalized spacial score (nSPS) is 10.2. The number of thiazole rings is 1. The van der Waals surface area contributed by atoms with E-state index >= 15 is 0 Å². The van der Waals surface area contributed by atoms with Crippen molar-refractivity contribution in [2.24, 2.45) is 0 Å². The maximum Gasteiger partial charge on any atom is 0.263 e. The van der Waals surface area contributed by atoms with Gasteiger partial charge in [-0.2, -0.15) is 0 Å². The zero-order valence-corrected chi connectivity index (χ0v) is 12.9. The third kappa shape index (κ3) is 4.29. The smallest absolute Gasteiger partial charge is 0.263 e. The Morgan fingerprint density at radius 3 is 2.36 bits per heavy atom. The van der Waals surface area contributed by atoms with Gasteiger partial charge in [-0.05, 0) is 30.7 Å². The summed E-state index contributed by atoms with van der Waals surface area (Å²) in [5, 5.41) is 15.5. The number of benzene rings is 1. The molecule has 0 atom stereocenters. The lowest BCUT2D eigenvalue weighted by molar-refractivity contribution is 0.0929. The van der Waals surface area contributed by atoms with Crippen molar-refractivity contribution in [2.75, 3.05) is 13.1 Å². The fraction of sp³-hybridized carbons (Fsp3) is 0.267. The van der Waals surface area contributed by atoms with Gasteiger partial charge in [0, 0.05) is 18.7 Å². The third-order valence-corrected chi connectivity index (χ3v) is 4.05. The van der Waals surface area contributed by atoms with Crippen molar-refractivity contribution in [1.29, 1.82) is 0 Å². The first kappa shape index (κ1) is 16.0. The van der Waals surface area contributed by atoms with Crippen molar-refractivity contribution in [3.63, 3.8) is 0 Å². The number of hydrogen-bond donors (Lipinski definition) is 3. The fourth-order valence-corrected chi connectivity index (χ4v) is 2.51. The van der Waals surface area contributed by atoms with Crippen LogP contribution in [0.4, 0.5) is 0 Å². The number of phenols is 1. The van der Waals surface area contributed by atoms with Crippen LogP contribution in [0.1, 0.15) is 32.0 Å². The van der Waals surface area contributed by atoms with Crippen LogP contribution in [0.3, 0.4) is 0 Å². The summed E-state index contributed by atoms with van der Waals surface area (Å²) < 4.78 is 0. The summed E-state index contributed by atoms with van der Waals surface area (Å²) in [6.07, 6.45) is 2.37. The third-order valence-electron chi connectivity index (χ3n) is 2.91. The molecule has 2 amide bonds. The van der Waals surface area contributed by atoms with Gasteiger partial charge in [0.25, 0.3) is 11.8 Å². The number of aromatic nitrogens is 1. The summed E-state index contributed by atoms with van der Waals surface area (Å²) >= 11 is 1.37. The van der Waals surface area contributed by atoms with Crippen LogP contribution in [0.2, 0.25) is 0 Å². The van der Waals surface area contributed by atoms with Gasteiger partial charge in [-0.1, -0.05) is 6.92 Å². The van der Waals surface area contributed by atoms with Crippen molar-refractivity contribution in [3.05, 3.63) is 45.9 Å². The van der Waals surface area contributed by atoms with Gasteiger partial charge in [-0.15, -0.1) is 11.3 Å².